The van der Waals surface area contributed by atoms with Gasteiger partial charge in [-0.2, -0.15) is 4.98 Å². The fraction of sp³-hybridized carbons (Fsp3) is 0.294. The lowest BCUT2D eigenvalue weighted by Gasteiger charge is -2.26. The number of rotatable bonds is 3. The zero-order valence-electron chi connectivity index (χ0n) is 15.1. The van der Waals surface area contributed by atoms with Crippen LogP contribution in [-0.2, 0) is 11.3 Å². The van der Waals surface area contributed by atoms with Gasteiger partial charge in [0.1, 0.15) is 25.8 Å². The highest BCUT2D eigenvalue weighted by atomic mass is 35.5. The third kappa shape index (κ3) is 3.32. The van der Waals surface area contributed by atoms with Crippen molar-refractivity contribution in [2.75, 3.05) is 32.5 Å². The van der Waals surface area contributed by atoms with Gasteiger partial charge in [-0.1, -0.05) is 6.07 Å². The molecule has 1 amide bonds. The van der Waals surface area contributed by atoms with Crippen LogP contribution in [0, 0.1) is 5.82 Å². The van der Waals surface area contributed by atoms with Crippen LogP contribution >= 0.6 is 11.6 Å². The summed E-state index contributed by atoms with van der Waals surface area (Å²) in [6.07, 6.45) is 0. The topological polar surface area (TPSA) is 89.5 Å². The smallest absolute Gasteiger partial charge is 0.276 e. The lowest BCUT2D eigenvalue weighted by Crippen LogP contribution is -2.37. The number of nitrogens with zero attached hydrogens (tertiary/aromatic N) is 6. The highest BCUT2D eigenvalue weighted by Crippen LogP contribution is 2.28. The van der Waals surface area contributed by atoms with Crippen molar-refractivity contribution in [1.29, 1.82) is 0 Å². The summed E-state index contributed by atoms with van der Waals surface area (Å²) in [5.41, 5.74) is 0.752. The average Bonchev–Trinajstić information content (AvgIpc) is 3.26. The van der Waals surface area contributed by atoms with Gasteiger partial charge in [0.25, 0.3) is 5.91 Å². The molecule has 0 fully saturated rings. The molecule has 146 valence electrons. The Morgan fingerprint density at radius 2 is 2.00 bits per heavy atom. The predicted molar refractivity (Wildman–Crippen MR) is 97.3 cm³/mol. The molecule has 0 bridgehead atoms. The molecule has 0 radical (unpaired) electrons. The number of carbonyl (C=O) groups excluding carboxylic acids is 1. The van der Waals surface area contributed by atoms with Gasteiger partial charge in [0.05, 0.1) is 0 Å². The third-order valence-electron chi connectivity index (χ3n) is 4.22. The zero-order chi connectivity index (χ0) is 19.8. The maximum Gasteiger partial charge on any atom is 0.276 e. The normalized spacial score (nSPS) is 14.8. The second-order valence-electron chi connectivity index (χ2n) is 6.31. The van der Waals surface area contributed by atoms with Crippen molar-refractivity contribution < 1.29 is 18.3 Å². The van der Waals surface area contributed by atoms with E-state index in [0.29, 0.717) is 17.1 Å². The first-order chi connectivity index (χ1) is 13.4. The molecule has 1 aliphatic rings. The minimum Gasteiger partial charge on any atom is -0.419 e. The van der Waals surface area contributed by atoms with E-state index in [1.165, 1.54) is 21.6 Å². The number of carbonyl (C=O) groups is 1. The van der Waals surface area contributed by atoms with Crippen molar-refractivity contribution in [1.82, 2.24) is 24.6 Å². The molecule has 2 aromatic heterocycles. The quantitative estimate of drug-likeness (QED) is 0.658. The Bertz CT molecular complexity index is 1040. The van der Waals surface area contributed by atoms with Gasteiger partial charge in [-0.25, -0.2) is 4.39 Å². The van der Waals surface area contributed by atoms with Gasteiger partial charge in [-0.15, -0.1) is 10.2 Å². The van der Waals surface area contributed by atoms with E-state index in [-0.39, 0.29) is 43.0 Å². The van der Waals surface area contributed by atoms with E-state index in [1.807, 2.05) is 0 Å². The number of hydrogen-bond donors (Lipinski definition) is 0. The monoisotopic (exact) mass is 406 g/mol. The number of imidazole rings is 1. The van der Waals surface area contributed by atoms with Gasteiger partial charge in [-0.3, -0.25) is 9.36 Å². The summed E-state index contributed by atoms with van der Waals surface area (Å²) in [5, 5.41) is 8.03. The van der Waals surface area contributed by atoms with Gasteiger partial charge < -0.3 is 19.0 Å². The molecule has 11 heteroatoms. The Kier molecular flexibility index (Phi) is 4.73. The van der Waals surface area contributed by atoms with Crippen molar-refractivity contribution in [3.05, 3.63) is 47.0 Å². The van der Waals surface area contributed by atoms with E-state index in [9.17, 15) is 9.18 Å². The molecule has 0 saturated carbocycles. The molecule has 0 unspecified atom stereocenters. The Balaban J connectivity index is 1.70. The van der Waals surface area contributed by atoms with Crippen LogP contribution in [0.25, 0.3) is 11.5 Å². The van der Waals surface area contributed by atoms with Gasteiger partial charge >= 0.3 is 0 Å². The van der Waals surface area contributed by atoms with E-state index in [4.69, 9.17) is 20.8 Å². The number of anilines is 1. The fourth-order valence-electron chi connectivity index (χ4n) is 2.84. The van der Waals surface area contributed by atoms with E-state index >= 15 is 0 Å². The maximum absolute atomic E-state index is 13.4. The summed E-state index contributed by atoms with van der Waals surface area (Å²) in [4.78, 5) is 20.2. The molecule has 0 N–H and O–H groups in total. The molecule has 0 aliphatic carbocycles. The molecule has 1 aliphatic heterocycles. The van der Waals surface area contributed by atoms with Crippen LogP contribution in [0.5, 0.6) is 0 Å². The van der Waals surface area contributed by atoms with E-state index in [0.717, 1.165) is 0 Å². The molecule has 3 aromatic rings. The number of halogens is 2. The molecule has 1 aromatic carbocycles. The number of hydrogen-bond acceptors (Lipinski definition) is 7. The maximum atomic E-state index is 13.4. The van der Waals surface area contributed by atoms with Crippen molar-refractivity contribution >= 4 is 23.3 Å². The van der Waals surface area contributed by atoms with Gasteiger partial charge in [0.15, 0.2) is 11.5 Å². The largest absolute Gasteiger partial charge is 0.419 e. The molecule has 9 nitrogen and oxygen atoms in total. The molecule has 4 rings (SSSR count). The average molecular weight is 407 g/mol. The fourth-order valence-corrected chi connectivity index (χ4v) is 3.07. The minimum atomic E-state index is -0.407. The first-order valence-electron chi connectivity index (χ1n) is 8.32. The van der Waals surface area contributed by atoms with E-state index in [2.05, 4.69) is 15.2 Å². The lowest BCUT2D eigenvalue weighted by molar-refractivity contribution is 0.0312. The molecule has 3 heterocycles. The van der Waals surface area contributed by atoms with Crippen LogP contribution in [0.4, 0.5) is 10.2 Å². The number of benzene rings is 1. The number of amides is 1. The summed E-state index contributed by atoms with van der Waals surface area (Å²) >= 11 is 6.29. The molecule has 0 atom stereocenters. The predicted octanol–water partition coefficient (Wildman–Crippen LogP) is 2.23. The van der Waals surface area contributed by atoms with Crippen LogP contribution in [0.15, 0.2) is 28.7 Å². The van der Waals surface area contributed by atoms with Crippen molar-refractivity contribution in [3.63, 3.8) is 0 Å². The third-order valence-corrected chi connectivity index (χ3v) is 4.50. The second kappa shape index (κ2) is 7.21. The Morgan fingerprint density at radius 1 is 1.21 bits per heavy atom. The lowest BCUT2D eigenvalue weighted by atomic mass is 10.2. The highest BCUT2D eigenvalue weighted by molar-refractivity contribution is 6.29. The first-order valence-corrected chi connectivity index (χ1v) is 8.70. The first kappa shape index (κ1) is 18.4. The van der Waals surface area contributed by atoms with Crippen LogP contribution in [-0.4, -0.2) is 58.1 Å². The summed E-state index contributed by atoms with van der Waals surface area (Å²) < 4.78 is 26.0. The molecular formula is C17H16ClFN6O3. The van der Waals surface area contributed by atoms with Crippen LogP contribution in [0.1, 0.15) is 16.4 Å². The number of aromatic nitrogens is 4. The van der Waals surface area contributed by atoms with Crippen molar-refractivity contribution in [2.24, 2.45) is 0 Å². The van der Waals surface area contributed by atoms with E-state index < -0.39 is 5.82 Å². The zero-order valence-corrected chi connectivity index (χ0v) is 15.9. The molecular weight excluding hydrogens is 391 g/mol. The molecule has 0 saturated heterocycles. The molecule has 28 heavy (non-hydrogen) atoms. The van der Waals surface area contributed by atoms with Crippen LogP contribution in [0.3, 0.4) is 0 Å². The van der Waals surface area contributed by atoms with Gasteiger partial charge in [0.2, 0.25) is 17.1 Å². The van der Waals surface area contributed by atoms with Crippen molar-refractivity contribution in [2.45, 2.75) is 6.54 Å². The molecule has 0 spiro atoms. The SMILES string of the molecule is CN1COCN(C)c2nc(Cl)n(Cc3nnc(-c4cccc(F)c4)o3)c2C1=O. The van der Waals surface area contributed by atoms with E-state index in [1.54, 1.807) is 31.1 Å². The van der Waals surface area contributed by atoms with Crippen LogP contribution in [0.2, 0.25) is 5.28 Å². The summed E-state index contributed by atoms with van der Waals surface area (Å²) in [6, 6.07) is 5.83. The Hall–Kier alpha value is -2.98. The summed E-state index contributed by atoms with van der Waals surface area (Å²) in [5.74, 6) is 0.0628. The summed E-state index contributed by atoms with van der Waals surface area (Å²) in [6.45, 7) is 0.426. The highest BCUT2D eigenvalue weighted by Gasteiger charge is 2.30. The minimum absolute atomic E-state index is 0.0394. The number of ether oxygens (including phenoxy) is 1. The second-order valence-corrected chi connectivity index (χ2v) is 6.65. The Morgan fingerprint density at radius 3 is 2.79 bits per heavy atom. The number of fused-ring (bicyclic) bond motifs is 1. The standard InChI is InChI=1S/C17H16ClFN6O3/c1-23-8-27-9-24(2)16(26)13-14(23)20-17(18)25(13)7-12-21-22-15(28-12)10-4-3-5-11(19)6-10/h3-6H,7-9H2,1-2H3. The summed E-state index contributed by atoms with van der Waals surface area (Å²) in [7, 11) is 3.37. The Labute approximate surface area is 164 Å². The van der Waals surface area contributed by atoms with Crippen molar-refractivity contribution in [3.8, 4) is 11.5 Å². The van der Waals surface area contributed by atoms with Gasteiger partial charge in [0, 0.05) is 19.7 Å². The van der Waals surface area contributed by atoms with Crippen LogP contribution < -0.4 is 4.90 Å². The van der Waals surface area contributed by atoms with Gasteiger partial charge in [-0.05, 0) is 29.8 Å².